The zero-order valence-electron chi connectivity index (χ0n) is 20.1. The maximum Gasteiger partial charge on any atom is 0.119 e. The summed E-state index contributed by atoms with van der Waals surface area (Å²) >= 11 is 0. The summed E-state index contributed by atoms with van der Waals surface area (Å²) < 4.78 is 0. The van der Waals surface area contributed by atoms with E-state index in [2.05, 4.69) is 0 Å². The molecule has 0 atom stereocenters. The number of hydrogen-bond acceptors (Lipinski definition) is 8. The zero-order chi connectivity index (χ0) is 26.1. The van der Waals surface area contributed by atoms with Gasteiger partial charge in [-0.25, -0.2) is 0 Å². The first-order chi connectivity index (χ1) is 16.0. The maximum absolute atomic E-state index is 9.24. The highest BCUT2D eigenvalue weighted by Crippen LogP contribution is 2.11. The van der Waals surface area contributed by atoms with Crippen molar-refractivity contribution in [3.8, 4) is 0 Å². The topological polar surface area (TPSA) is 197 Å². The molecule has 3 aromatic carbocycles. The Morgan fingerprint density at radius 1 is 0.676 bits per heavy atom. The molecule has 14 N–H and O–H groups in total. The summed E-state index contributed by atoms with van der Waals surface area (Å²) in [6.07, 6.45) is 1.70. The minimum absolute atomic E-state index is 0.104. The van der Waals surface area contributed by atoms with Crippen molar-refractivity contribution in [1.82, 2.24) is 0 Å². The molecular weight excluding hydrogens is 428 g/mol. The van der Waals surface area contributed by atoms with Gasteiger partial charge in [-0.3, -0.25) is 0 Å². The van der Waals surface area contributed by atoms with E-state index in [-0.39, 0.29) is 12.4 Å². The zero-order valence-corrected chi connectivity index (χ0v) is 20.1. The van der Waals surface area contributed by atoms with Crippen LogP contribution in [0.3, 0.4) is 0 Å². The number of rotatable bonds is 2. The predicted octanol–water partition coefficient (Wildman–Crippen LogP) is 4.33. The number of allylic oxidation sites excluding steroid dienone is 2. The van der Waals surface area contributed by atoms with Crippen LogP contribution in [-0.4, -0.2) is 16.8 Å². The Bertz CT molecular complexity index is 984. The molecule has 0 aliphatic rings. The van der Waals surface area contributed by atoms with Gasteiger partial charge in [-0.2, -0.15) is 0 Å². The van der Waals surface area contributed by atoms with Crippen LogP contribution in [0, 0.1) is 0 Å². The van der Waals surface area contributed by atoms with Crippen molar-refractivity contribution in [3.63, 3.8) is 0 Å². The third kappa shape index (κ3) is 13.2. The van der Waals surface area contributed by atoms with Gasteiger partial charge in [0.05, 0.1) is 18.0 Å². The smallest absolute Gasteiger partial charge is 0.119 e. The summed E-state index contributed by atoms with van der Waals surface area (Å²) in [5.74, 6) is 0.199. The fourth-order valence-corrected chi connectivity index (χ4v) is 2.19. The number of anilines is 6. The molecule has 0 bridgehead atoms. The van der Waals surface area contributed by atoms with Gasteiger partial charge in [-0.1, -0.05) is 24.3 Å². The number of aliphatic hydroxyl groups is 2. The van der Waals surface area contributed by atoms with Crippen LogP contribution in [0.1, 0.15) is 20.8 Å². The Labute approximate surface area is 202 Å². The van der Waals surface area contributed by atoms with Gasteiger partial charge in [0.1, 0.15) is 5.76 Å². The molecule has 0 aliphatic carbocycles. The Kier molecular flexibility index (Phi) is 14.3. The van der Waals surface area contributed by atoms with Crippen LogP contribution in [0.4, 0.5) is 34.1 Å². The fraction of sp³-hybridized carbons (Fsp3) is 0.154. The molecule has 3 aromatic rings. The summed E-state index contributed by atoms with van der Waals surface area (Å²) in [4.78, 5) is 0. The molecule has 8 heteroatoms. The highest BCUT2D eigenvalue weighted by molar-refractivity contribution is 5.62. The lowest BCUT2D eigenvalue weighted by atomic mass is 10.1. The van der Waals surface area contributed by atoms with Gasteiger partial charge in [-0.05, 0) is 80.9 Å². The van der Waals surface area contributed by atoms with Crippen LogP contribution in [0.15, 0.2) is 95.8 Å². The van der Waals surface area contributed by atoms with Crippen molar-refractivity contribution in [1.29, 1.82) is 0 Å². The van der Waals surface area contributed by atoms with E-state index in [0.717, 1.165) is 16.9 Å². The standard InChI is InChI=1S/C8H14O2.3C6H8N2/c1-4-7(5-9)8(10)6(2)3;7-5-1-2-6(8)4-3-5;7-5-2-1-3-6(8)4-5;7-5-3-1-2-4-6(5)8/h4,9-10H,5H2,1-3H3;3*1-4H,7-8H2/b7-4-;;;. The lowest BCUT2D eigenvalue weighted by Crippen LogP contribution is -1.95. The van der Waals surface area contributed by atoms with E-state index in [1.54, 1.807) is 81.4 Å². The molecule has 34 heavy (non-hydrogen) atoms. The molecule has 184 valence electrons. The monoisotopic (exact) mass is 466 g/mol. The number of hydrogen-bond donors (Lipinski definition) is 8. The molecule has 0 amide bonds. The molecule has 0 fully saturated rings. The summed E-state index contributed by atoms with van der Waals surface area (Å²) in [5.41, 5.74) is 37.9. The average molecular weight is 467 g/mol. The largest absolute Gasteiger partial charge is 0.508 e. The van der Waals surface area contributed by atoms with Gasteiger partial charge in [0, 0.05) is 28.3 Å². The van der Waals surface area contributed by atoms with Gasteiger partial charge in [0.25, 0.3) is 0 Å². The fourth-order valence-electron chi connectivity index (χ4n) is 2.19. The predicted molar refractivity (Wildman–Crippen MR) is 148 cm³/mol. The van der Waals surface area contributed by atoms with Crippen LogP contribution in [0.5, 0.6) is 0 Å². The van der Waals surface area contributed by atoms with E-state index in [0.29, 0.717) is 28.3 Å². The van der Waals surface area contributed by atoms with Gasteiger partial charge in [0.2, 0.25) is 0 Å². The number of aliphatic hydroxyl groups excluding tert-OH is 2. The van der Waals surface area contributed by atoms with E-state index < -0.39 is 0 Å². The molecule has 8 nitrogen and oxygen atoms in total. The summed E-state index contributed by atoms with van der Waals surface area (Å²) in [7, 11) is 0. The Morgan fingerprint density at radius 2 is 1.09 bits per heavy atom. The van der Waals surface area contributed by atoms with Gasteiger partial charge >= 0.3 is 0 Å². The van der Waals surface area contributed by atoms with Gasteiger partial charge in [-0.15, -0.1) is 0 Å². The van der Waals surface area contributed by atoms with Crippen molar-refractivity contribution in [2.24, 2.45) is 0 Å². The first-order valence-corrected chi connectivity index (χ1v) is 10.5. The molecule has 0 aromatic heterocycles. The van der Waals surface area contributed by atoms with Crippen molar-refractivity contribution < 1.29 is 10.2 Å². The molecule has 0 radical (unpaired) electrons. The van der Waals surface area contributed by atoms with Crippen molar-refractivity contribution in [2.75, 3.05) is 41.0 Å². The first kappa shape index (κ1) is 29.7. The number of benzene rings is 3. The Balaban J connectivity index is 0.000000428. The van der Waals surface area contributed by atoms with Crippen LogP contribution in [0.2, 0.25) is 0 Å². The number of nitrogen functional groups attached to an aromatic ring is 6. The van der Waals surface area contributed by atoms with Crippen LogP contribution in [0.25, 0.3) is 0 Å². The van der Waals surface area contributed by atoms with E-state index in [4.69, 9.17) is 39.5 Å². The molecule has 0 saturated carbocycles. The lowest BCUT2D eigenvalue weighted by Gasteiger charge is -2.03. The van der Waals surface area contributed by atoms with E-state index in [1.807, 2.05) is 18.2 Å². The minimum atomic E-state index is -0.104. The highest BCUT2D eigenvalue weighted by atomic mass is 16.3. The lowest BCUT2D eigenvalue weighted by molar-refractivity contribution is 0.312. The van der Waals surface area contributed by atoms with E-state index in [9.17, 15) is 5.11 Å². The van der Waals surface area contributed by atoms with Crippen molar-refractivity contribution in [3.05, 3.63) is 95.8 Å². The molecule has 0 heterocycles. The second-order valence-corrected chi connectivity index (χ2v) is 7.29. The highest BCUT2D eigenvalue weighted by Gasteiger charge is 2.00. The molecular formula is C26H38N6O2. The number of nitrogens with two attached hydrogens (primary N) is 6. The van der Waals surface area contributed by atoms with Crippen molar-refractivity contribution in [2.45, 2.75) is 20.8 Å². The summed E-state index contributed by atoms with van der Waals surface area (Å²) in [5, 5.41) is 17.9. The van der Waals surface area contributed by atoms with E-state index >= 15 is 0 Å². The molecule has 0 aliphatic heterocycles. The van der Waals surface area contributed by atoms with Gasteiger partial charge < -0.3 is 44.6 Å². The third-order valence-electron chi connectivity index (χ3n) is 4.14. The quantitative estimate of drug-likeness (QED) is 0.155. The molecule has 0 saturated heterocycles. The summed E-state index contributed by atoms with van der Waals surface area (Å²) in [6.45, 7) is 5.28. The first-order valence-electron chi connectivity index (χ1n) is 10.5. The Hall–Kier alpha value is -4.30. The van der Waals surface area contributed by atoms with E-state index in [1.165, 1.54) is 0 Å². The molecule has 0 spiro atoms. The molecule has 3 rings (SSSR count). The number of para-hydroxylation sites is 2. The van der Waals surface area contributed by atoms with Crippen LogP contribution >= 0.6 is 0 Å². The third-order valence-corrected chi connectivity index (χ3v) is 4.14. The minimum Gasteiger partial charge on any atom is -0.508 e. The van der Waals surface area contributed by atoms with Crippen LogP contribution < -0.4 is 34.4 Å². The second-order valence-electron chi connectivity index (χ2n) is 7.29. The van der Waals surface area contributed by atoms with Gasteiger partial charge in [0.15, 0.2) is 0 Å². The normalized spacial score (nSPS) is 9.71. The Morgan fingerprint density at radius 3 is 1.29 bits per heavy atom. The van der Waals surface area contributed by atoms with Crippen molar-refractivity contribution >= 4 is 34.1 Å². The molecule has 0 unspecified atom stereocenters. The summed E-state index contributed by atoms with van der Waals surface area (Å²) in [6, 6.07) is 21.5. The average Bonchev–Trinajstić information content (AvgIpc) is 2.80. The SMILES string of the molecule is C/C=C(/CO)C(O)=C(C)C.Nc1ccc(N)cc1.Nc1cccc(N)c1.Nc1ccccc1N. The maximum atomic E-state index is 9.24. The second kappa shape index (κ2) is 16.3. The van der Waals surface area contributed by atoms with Crippen LogP contribution in [-0.2, 0) is 0 Å².